The maximum atomic E-state index is 5.08. The first-order valence-corrected chi connectivity index (χ1v) is 10.1. The third kappa shape index (κ3) is 3.04. The monoisotopic (exact) mass is 375 g/mol. The summed E-state index contributed by atoms with van der Waals surface area (Å²) in [5.41, 5.74) is 3.57. The summed E-state index contributed by atoms with van der Waals surface area (Å²) in [5.74, 6) is 0. The molecule has 0 saturated carbocycles. The van der Waals surface area contributed by atoms with Gasteiger partial charge in [0.2, 0.25) is 0 Å². The molecule has 0 unspecified atom stereocenters. The van der Waals surface area contributed by atoms with Crippen LogP contribution >= 0.6 is 11.8 Å². The number of amidine groups is 1. The van der Waals surface area contributed by atoms with Crippen molar-refractivity contribution < 1.29 is 0 Å². The van der Waals surface area contributed by atoms with Gasteiger partial charge in [0, 0.05) is 48.8 Å². The van der Waals surface area contributed by atoms with E-state index < -0.39 is 0 Å². The van der Waals surface area contributed by atoms with Crippen LogP contribution in [0.4, 0.5) is 0 Å². The minimum Gasteiger partial charge on any atom is -0.345 e. The molecule has 3 atom stereocenters. The van der Waals surface area contributed by atoms with Gasteiger partial charge < -0.3 is 9.47 Å². The van der Waals surface area contributed by atoms with Crippen LogP contribution in [-0.4, -0.2) is 36.4 Å². The molecule has 0 amide bonds. The maximum Gasteiger partial charge on any atom is 0.160 e. The molecule has 1 fully saturated rings. The van der Waals surface area contributed by atoms with Gasteiger partial charge in [-0.05, 0) is 42.0 Å². The number of pyridine rings is 2. The summed E-state index contributed by atoms with van der Waals surface area (Å²) in [6, 6.07) is 14.8. The number of aromatic nitrogens is 3. The highest BCUT2D eigenvalue weighted by Crippen LogP contribution is 2.47. The molecule has 0 spiro atoms. The lowest BCUT2D eigenvalue weighted by molar-refractivity contribution is 0.308. The van der Waals surface area contributed by atoms with E-state index in [9.17, 15) is 0 Å². The zero-order chi connectivity index (χ0) is 18.2. The second kappa shape index (κ2) is 6.85. The van der Waals surface area contributed by atoms with E-state index in [1.54, 1.807) is 0 Å². The number of rotatable bonds is 4. The Morgan fingerprint density at radius 2 is 1.96 bits per heavy atom. The van der Waals surface area contributed by atoms with Crippen LogP contribution in [0.25, 0.3) is 0 Å². The fourth-order valence-electron chi connectivity index (χ4n) is 3.96. The number of fused-ring (bicyclic) bond motifs is 1. The molecule has 5 heterocycles. The lowest BCUT2D eigenvalue weighted by Gasteiger charge is -2.28. The van der Waals surface area contributed by atoms with Crippen molar-refractivity contribution in [3.63, 3.8) is 0 Å². The summed E-state index contributed by atoms with van der Waals surface area (Å²) < 4.78 is 2.34. The molecule has 2 aliphatic heterocycles. The summed E-state index contributed by atoms with van der Waals surface area (Å²) >= 11 is 1.88. The van der Waals surface area contributed by atoms with E-state index in [4.69, 9.17) is 4.99 Å². The highest BCUT2D eigenvalue weighted by Gasteiger charge is 2.44. The maximum absolute atomic E-state index is 5.08. The van der Waals surface area contributed by atoms with Crippen LogP contribution in [-0.2, 0) is 6.54 Å². The Morgan fingerprint density at radius 1 is 1.07 bits per heavy atom. The van der Waals surface area contributed by atoms with Gasteiger partial charge in [0.25, 0.3) is 0 Å². The Labute approximate surface area is 163 Å². The van der Waals surface area contributed by atoms with Gasteiger partial charge in [-0.1, -0.05) is 24.8 Å². The van der Waals surface area contributed by atoms with Crippen molar-refractivity contribution in [3.05, 3.63) is 84.2 Å². The van der Waals surface area contributed by atoms with Crippen molar-refractivity contribution in [1.82, 2.24) is 19.4 Å². The van der Waals surface area contributed by atoms with Crippen LogP contribution < -0.4 is 0 Å². The second-order valence-corrected chi connectivity index (χ2v) is 8.46. The molecule has 2 aliphatic rings. The SMILES string of the molecule is C[C@@H]1CN2C(=N[C@H](c3ccccn3)[C@H]2c2cccn2Cc2ccncc2)S1. The molecular formula is C21H21N5S. The molecule has 0 bridgehead atoms. The average molecular weight is 376 g/mol. The van der Waals surface area contributed by atoms with Crippen molar-refractivity contribution in [2.75, 3.05) is 6.54 Å². The topological polar surface area (TPSA) is 46.3 Å². The molecule has 27 heavy (non-hydrogen) atoms. The van der Waals surface area contributed by atoms with E-state index in [1.165, 1.54) is 11.3 Å². The molecule has 1 saturated heterocycles. The Kier molecular flexibility index (Phi) is 4.20. The van der Waals surface area contributed by atoms with Crippen LogP contribution in [0.3, 0.4) is 0 Å². The first kappa shape index (κ1) is 16.6. The third-order valence-corrected chi connectivity index (χ3v) is 6.25. The molecule has 0 aromatic carbocycles. The van der Waals surface area contributed by atoms with Crippen LogP contribution in [0.2, 0.25) is 0 Å². The summed E-state index contributed by atoms with van der Waals surface area (Å²) in [7, 11) is 0. The molecule has 3 aromatic rings. The highest BCUT2D eigenvalue weighted by molar-refractivity contribution is 8.14. The number of hydrogen-bond acceptors (Lipinski definition) is 5. The van der Waals surface area contributed by atoms with E-state index in [2.05, 4.69) is 69.0 Å². The normalized spacial score (nSPS) is 24.1. The van der Waals surface area contributed by atoms with Gasteiger partial charge in [-0.3, -0.25) is 15.0 Å². The fraction of sp³-hybridized carbons (Fsp3) is 0.286. The van der Waals surface area contributed by atoms with Crippen molar-refractivity contribution in [3.8, 4) is 0 Å². The average Bonchev–Trinajstić information content (AvgIpc) is 3.37. The Bertz CT molecular complexity index is 953. The number of aliphatic imine (C=N–C) groups is 1. The fourth-order valence-corrected chi connectivity index (χ4v) is 5.06. The summed E-state index contributed by atoms with van der Waals surface area (Å²) in [6.45, 7) is 4.13. The summed E-state index contributed by atoms with van der Waals surface area (Å²) in [4.78, 5) is 16.3. The quantitative estimate of drug-likeness (QED) is 0.693. The zero-order valence-electron chi connectivity index (χ0n) is 15.1. The van der Waals surface area contributed by atoms with Crippen LogP contribution in [0.1, 0.15) is 36.0 Å². The predicted octanol–water partition coefficient (Wildman–Crippen LogP) is 3.92. The van der Waals surface area contributed by atoms with Gasteiger partial charge in [0.05, 0.1) is 11.7 Å². The standard InChI is InChI=1S/C21H21N5S/c1-15-13-26-20(19(24-21(26)27-15)17-5-2-3-9-23-17)18-6-4-12-25(18)14-16-7-10-22-11-8-16/h2-12,15,19-20H,13-14H2,1H3/t15-,19-,20-/m1/s1. The van der Waals surface area contributed by atoms with Crippen LogP contribution in [0.5, 0.6) is 0 Å². The molecule has 0 radical (unpaired) electrons. The predicted molar refractivity (Wildman–Crippen MR) is 109 cm³/mol. The third-order valence-electron chi connectivity index (χ3n) is 5.15. The Morgan fingerprint density at radius 3 is 2.78 bits per heavy atom. The number of thioether (sulfide) groups is 1. The molecule has 3 aromatic heterocycles. The number of nitrogens with zero attached hydrogens (tertiary/aromatic N) is 5. The Balaban J connectivity index is 1.53. The van der Waals surface area contributed by atoms with Gasteiger partial charge in [0.15, 0.2) is 5.17 Å². The molecule has 0 aliphatic carbocycles. The van der Waals surface area contributed by atoms with Crippen molar-refractivity contribution in [2.45, 2.75) is 30.8 Å². The lowest BCUT2D eigenvalue weighted by Crippen LogP contribution is -2.30. The lowest BCUT2D eigenvalue weighted by atomic mass is 10.0. The van der Waals surface area contributed by atoms with E-state index in [0.717, 1.165) is 24.0 Å². The van der Waals surface area contributed by atoms with E-state index in [1.807, 2.05) is 36.4 Å². The first-order chi connectivity index (χ1) is 13.3. The largest absolute Gasteiger partial charge is 0.345 e. The second-order valence-electron chi connectivity index (χ2n) is 7.05. The molecule has 5 nitrogen and oxygen atoms in total. The molecule has 136 valence electrons. The molecular weight excluding hydrogens is 354 g/mol. The molecule has 0 N–H and O–H groups in total. The van der Waals surface area contributed by atoms with Crippen molar-refractivity contribution >= 4 is 16.9 Å². The van der Waals surface area contributed by atoms with Gasteiger partial charge >= 0.3 is 0 Å². The first-order valence-electron chi connectivity index (χ1n) is 9.25. The van der Waals surface area contributed by atoms with Gasteiger partial charge in [-0.25, -0.2) is 0 Å². The van der Waals surface area contributed by atoms with Gasteiger partial charge in [-0.15, -0.1) is 0 Å². The van der Waals surface area contributed by atoms with Gasteiger partial charge in [0.1, 0.15) is 6.04 Å². The Hall–Kier alpha value is -2.60. The highest BCUT2D eigenvalue weighted by atomic mass is 32.2. The van der Waals surface area contributed by atoms with Crippen molar-refractivity contribution in [2.24, 2.45) is 4.99 Å². The summed E-state index contributed by atoms with van der Waals surface area (Å²) in [5, 5.41) is 1.72. The molecule has 6 heteroatoms. The van der Waals surface area contributed by atoms with E-state index in [0.29, 0.717) is 5.25 Å². The van der Waals surface area contributed by atoms with E-state index >= 15 is 0 Å². The van der Waals surface area contributed by atoms with Crippen molar-refractivity contribution in [1.29, 1.82) is 0 Å². The molecule has 5 rings (SSSR count). The van der Waals surface area contributed by atoms with Gasteiger partial charge in [-0.2, -0.15) is 0 Å². The summed E-state index contributed by atoms with van der Waals surface area (Å²) in [6.07, 6.45) is 7.73. The zero-order valence-corrected chi connectivity index (χ0v) is 16.0. The minimum absolute atomic E-state index is 0.0345. The smallest absolute Gasteiger partial charge is 0.160 e. The van der Waals surface area contributed by atoms with Crippen LogP contribution in [0, 0.1) is 0 Å². The van der Waals surface area contributed by atoms with Crippen LogP contribution in [0.15, 0.2) is 72.2 Å². The number of hydrogen-bond donors (Lipinski definition) is 0. The van der Waals surface area contributed by atoms with E-state index in [-0.39, 0.29) is 12.1 Å². The minimum atomic E-state index is 0.0345.